The second kappa shape index (κ2) is 6.66. The van der Waals surface area contributed by atoms with Crippen molar-refractivity contribution >= 4 is 17.6 Å². The van der Waals surface area contributed by atoms with E-state index in [0.29, 0.717) is 17.7 Å². The standard InChI is InChI=1S/C19H19N5/c1-3-7-15(8-4-1)17-22-18(20-13-14-11-12-14)24-19(23-17)21-16-9-5-2-6-10-16/h1-10,14H,11-13H2,(H2,20,21,22,23,24). The minimum absolute atomic E-state index is 0.549. The average Bonchev–Trinajstić information content (AvgIpc) is 3.46. The summed E-state index contributed by atoms with van der Waals surface area (Å²) in [5.74, 6) is 2.59. The molecule has 0 saturated heterocycles. The zero-order valence-electron chi connectivity index (χ0n) is 13.3. The lowest BCUT2D eigenvalue weighted by atomic mass is 10.2. The Hall–Kier alpha value is -2.95. The smallest absolute Gasteiger partial charge is 0.232 e. The van der Waals surface area contributed by atoms with Crippen LogP contribution in [0.5, 0.6) is 0 Å². The molecule has 0 aliphatic heterocycles. The maximum atomic E-state index is 4.57. The van der Waals surface area contributed by atoms with Crippen LogP contribution in [0.1, 0.15) is 12.8 Å². The van der Waals surface area contributed by atoms with Gasteiger partial charge < -0.3 is 10.6 Å². The van der Waals surface area contributed by atoms with E-state index in [1.165, 1.54) is 12.8 Å². The van der Waals surface area contributed by atoms with Crippen LogP contribution in [0.4, 0.5) is 17.6 Å². The van der Waals surface area contributed by atoms with Gasteiger partial charge >= 0.3 is 0 Å². The number of anilines is 3. The van der Waals surface area contributed by atoms with Crippen molar-refractivity contribution in [2.75, 3.05) is 17.2 Å². The first-order chi connectivity index (χ1) is 11.9. The molecule has 3 aromatic rings. The van der Waals surface area contributed by atoms with Gasteiger partial charge in [-0.25, -0.2) is 0 Å². The summed E-state index contributed by atoms with van der Waals surface area (Å²) in [6.07, 6.45) is 2.58. The highest BCUT2D eigenvalue weighted by Gasteiger charge is 2.21. The molecular weight excluding hydrogens is 298 g/mol. The Bertz CT molecular complexity index is 801. The van der Waals surface area contributed by atoms with Crippen LogP contribution in [0.25, 0.3) is 11.4 Å². The molecule has 0 spiro atoms. The predicted molar refractivity (Wildman–Crippen MR) is 96.2 cm³/mol. The van der Waals surface area contributed by atoms with E-state index in [1.54, 1.807) is 0 Å². The summed E-state index contributed by atoms with van der Waals surface area (Å²) in [6, 6.07) is 19.9. The van der Waals surface area contributed by atoms with Crippen LogP contribution >= 0.6 is 0 Å². The van der Waals surface area contributed by atoms with Crippen molar-refractivity contribution in [1.29, 1.82) is 0 Å². The largest absolute Gasteiger partial charge is 0.354 e. The molecule has 0 atom stereocenters. The van der Waals surface area contributed by atoms with Gasteiger partial charge in [-0.15, -0.1) is 0 Å². The number of rotatable bonds is 6. The number of benzene rings is 2. The van der Waals surface area contributed by atoms with Crippen LogP contribution in [-0.4, -0.2) is 21.5 Å². The molecule has 2 N–H and O–H groups in total. The van der Waals surface area contributed by atoms with E-state index in [9.17, 15) is 0 Å². The molecule has 120 valence electrons. The van der Waals surface area contributed by atoms with E-state index in [-0.39, 0.29) is 0 Å². The van der Waals surface area contributed by atoms with Crippen LogP contribution in [0.15, 0.2) is 60.7 Å². The van der Waals surface area contributed by atoms with Crippen LogP contribution in [-0.2, 0) is 0 Å². The van der Waals surface area contributed by atoms with Crippen molar-refractivity contribution in [3.05, 3.63) is 60.7 Å². The summed E-state index contributed by atoms with van der Waals surface area (Å²) < 4.78 is 0. The second-order valence-electron chi connectivity index (χ2n) is 5.99. The molecule has 1 fully saturated rings. The van der Waals surface area contributed by atoms with Gasteiger partial charge in [0.2, 0.25) is 11.9 Å². The monoisotopic (exact) mass is 317 g/mol. The third kappa shape index (κ3) is 3.68. The van der Waals surface area contributed by atoms with Gasteiger partial charge in [0, 0.05) is 17.8 Å². The minimum Gasteiger partial charge on any atom is -0.354 e. The fourth-order valence-electron chi connectivity index (χ4n) is 2.44. The molecule has 4 rings (SSSR count). The molecule has 1 aromatic heterocycles. The number of para-hydroxylation sites is 1. The Morgan fingerprint density at radius 1 is 0.792 bits per heavy atom. The molecule has 0 radical (unpaired) electrons. The maximum absolute atomic E-state index is 4.57. The van der Waals surface area contributed by atoms with Crippen molar-refractivity contribution < 1.29 is 0 Å². The van der Waals surface area contributed by atoms with Crippen molar-refractivity contribution in [2.45, 2.75) is 12.8 Å². The number of nitrogens with one attached hydrogen (secondary N) is 2. The summed E-state index contributed by atoms with van der Waals surface area (Å²) in [6.45, 7) is 0.920. The van der Waals surface area contributed by atoms with E-state index in [1.807, 2.05) is 60.7 Å². The van der Waals surface area contributed by atoms with Crippen molar-refractivity contribution in [2.24, 2.45) is 5.92 Å². The molecule has 1 aliphatic rings. The van der Waals surface area contributed by atoms with Gasteiger partial charge in [0.25, 0.3) is 0 Å². The van der Waals surface area contributed by atoms with Gasteiger partial charge in [0.15, 0.2) is 5.82 Å². The van der Waals surface area contributed by atoms with Crippen LogP contribution in [0.2, 0.25) is 0 Å². The van der Waals surface area contributed by atoms with E-state index in [0.717, 1.165) is 23.7 Å². The molecule has 5 nitrogen and oxygen atoms in total. The minimum atomic E-state index is 0.549. The third-order valence-corrected chi connectivity index (χ3v) is 3.94. The topological polar surface area (TPSA) is 62.7 Å². The summed E-state index contributed by atoms with van der Waals surface area (Å²) in [5.41, 5.74) is 1.93. The maximum Gasteiger partial charge on any atom is 0.232 e. The zero-order chi connectivity index (χ0) is 16.2. The lowest BCUT2D eigenvalue weighted by Crippen LogP contribution is -2.10. The molecule has 0 unspecified atom stereocenters. The first kappa shape index (κ1) is 14.6. The molecule has 0 bridgehead atoms. The molecule has 1 aliphatic carbocycles. The summed E-state index contributed by atoms with van der Waals surface area (Å²) in [4.78, 5) is 13.6. The normalized spacial score (nSPS) is 13.5. The van der Waals surface area contributed by atoms with Gasteiger partial charge in [0.05, 0.1) is 0 Å². The van der Waals surface area contributed by atoms with E-state index in [2.05, 4.69) is 25.6 Å². The molecule has 1 saturated carbocycles. The fourth-order valence-corrected chi connectivity index (χ4v) is 2.44. The number of aromatic nitrogens is 3. The second-order valence-corrected chi connectivity index (χ2v) is 5.99. The number of hydrogen-bond donors (Lipinski definition) is 2. The summed E-state index contributed by atoms with van der Waals surface area (Å²) in [7, 11) is 0. The SMILES string of the molecule is c1ccc(Nc2nc(NCC3CC3)nc(-c3ccccc3)n2)cc1. The van der Waals surface area contributed by atoms with Crippen molar-refractivity contribution in [3.8, 4) is 11.4 Å². The Kier molecular flexibility index (Phi) is 4.06. The lowest BCUT2D eigenvalue weighted by molar-refractivity contribution is 0.870. The van der Waals surface area contributed by atoms with Gasteiger partial charge in [-0.3, -0.25) is 0 Å². The van der Waals surface area contributed by atoms with E-state index < -0.39 is 0 Å². The third-order valence-electron chi connectivity index (χ3n) is 3.94. The summed E-state index contributed by atoms with van der Waals surface area (Å²) >= 11 is 0. The highest BCUT2D eigenvalue weighted by atomic mass is 15.2. The predicted octanol–water partition coefficient (Wildman–Crippen LogP) is 4.10. The summed E-state index contributed by atoms with van der Waals surface area (Å²) in [5, 5.41) is 6.60. The Labute approximate surface area is 141 Å². The Balaban J connectivity index is 1.64. The van der Waals surface area contributed by atoms with Gasteiger partial charge in [-0.05, 0) is 30.9 Å². The fraction of sp³-hybridized carbons (Fsp3) is 0.211. The van der Waals surface area contributed by atoms with Crippen LogP contribution < -0.4 is 10.6 Å². The molecular formula is C19H19N5. The average molecular weight is 317 g/mol. The van der Waals surface area contributed by atoms with Crippen LogP contribution in [0.3, 0.4) is 0 Å². The van der Waals surface area contributed by atoms with Crippen molar-refractivity contribution in [3.63, 3.8) is 0 Å². The molecule has 2 aromatic carbocycles. The molecule has 1 heterocycles. The molecule has 5 heteroatoms. The number of nitrogens with zero attached hydrogens (tertiary/aromatic N) is 3. The highest BCUT2D eigenvalue weighted by Crippen LogP contribution is 2.29. The zero-order valence-corrected chi connectivity index (χ0v) is 13.3. The first-order valence-corrected chi connectivity index (χ1v) is 8.24. The Morgan fingerprint density at radius 3 is 2.17 bits per heavy atom. The van der Waals surface area contributed by atoms with Gasteiger partial charge in [-0.2, -0.15) is 15.0 Å². The number of hydrogen-bond acceptors (Lipinski definition) is 5. The van der Waals surface area contributed by atoms with E-state index >= 15 is 0 Å². The Morgan fingerprint density at radius 2 is 1.46 bits per heavy atom. The lowest BCUT2D eigenvalue weighted by Gasteiger charge is -2.10. The van der Waals surface area contributed by atoms with Crippen LogP contribution in [0, 0.1) is 5.92 Å². The van der Waals surface area contributed by atoms with Crippen molar-refractivity contribution in [1.82, 2.24) is 15.0 Å². The highest BCUT2D eigenvalue weighted by molar-refractivity contribution is 5.60. The molecule has 24 heavy (non-hydrogen) atoms. The first-order valence-electron chi connectivity index (χ1n) is 8.24. The van der Waals surface area contributed by atoms with Gasteiger partial charge in [-0.1, -0.05) is 48.5 Å². The quantitative estimate of drug-likeness (QED) is 0.716. The van der Waals surface area contributed by atoms with E-state index in [4.69, 9.17) is 0 Å². The molecule has 0 amide bonds. The van der Waals surface area contributed by atoms with Gasteiger partial charge in [0.1, 0.15) is 0 Å².